The van der Waals surface area contributed by atoms with E-state index in [1.807, 2.05) is 0 Å². The van der Waals surface area contributed by atoms with Gasteiger partial charge in [-0.1, -0.05) is 0 Å². The predicted octanol–water partition coefficient (Wildman–Crippen LogP) is 1.25. The predicted molar refractivity (Wildman–Crippen MR) is 35.7 cm³/mol. The van der Waals surface area contributed by atoms with E-state index < -0.39 is 0 Å². The maximum absolute atomic E-state index is 2.32. The van der Waals surface area contributed by atoms with Gasteiger partial charge in [0.05, 0.1) is 12.6 Å². The van der Waals surface area contributed by atoms with Crippen LogP contribution in [0.2, 0.25) is 0 Å². The average Bonchev–Trinajstić information content (AvgIpc) is 2.16. The molecule has 0 saturated carbocycles. The molecule has 1 aliphatic heterocycles. The van der Waals surface area contributed by atoms with Crippen molar-refractivity contribution < 1.29 is 4.48 Å². The topological polar surface area (TPSA) is 0 Å². The van der Waals surface area contributed by atoms with Crippen molar-refractivity contribution in [3.63, 3.8) is 0 Å². The standard InChI is InChI=1S/C7H16N/c1-7(2,3)8(4)5-6-8/h5-6H2,1-4H3/q+1. The van der Waals surface area contributed by atoms with Crippen LogP contribution in [0.4, 0.5) is 0 Å². The van der Waals surface area contributed by atoms with Crippen LogP contribution in [0, 0.1) is 0 Å². The number of rotatable bonds is 0. The summed E-state index contributed by atoms with van der Waals surface area (Å²) in [6.07, 6.45) is 0. The molecule has 0 aliphatic carbocycles. The van der Waals surface area contributed by atoms with Crippen LogP contribution in [-0.2, 0) is 0 Å². The molecule has 0 radical (unpaired) electrons. The Bertz CT molecular complexity index is 92.2. The van der Waals surface area contributed by atoms with Crippen LogP contribution in [-0.4, -0.2) is 30.2 Å². The molecule has 48 valence electrons. The molecule has 1 nitrogen and oxygen atoms in total. The molecule has 8 heavy (non-hydrogen) atoms. The van der Waals surface area contributed by atoms with Gasteiger partial charge in [-0.15, -0.1) is 0 Å². The first-order chi connectivity index (χ1) is 3.46. The molecule has 0 amide bonds. The van der Waals surface area contributed by atoms with Gasteiger partial charge < -0.3 is 4.48 Å². The summed E-state index contributed by atoms with van der Waals surface area (Å²) in [6.45, 7) is 9.67. The van der Waals surface area contributed by atoms with E-state index >= 15 is 0 Å². The lowest BCUT2D eigenvalue weighted by Gasteiger charge is -2.28. The molecular formula is C7H16N+. The summed E-state index contributed by atoms with van der Waals surface area (Å²) < 4.78 is 1.27. The summed E-state index contributed by atoms with van der Waals surface area (Å²) in [4.78, 5) is 0. The lowest BCUT2D eigenvalue weighted by molar-refractivity contribution is -0.830. The van der Waals surface area contributed by atoms with Crippen LogP contribution >= 0.6 is 0 Å². The summed E-state index contributed by atoms with van der Waals surface area (Å²) in [7, 11) is 2.32. The molecule has 0 bridgehead atoms. The molecule has 0 aromatic rings. The fourth-order valence-electron chi connectivity index (χ4n) is 0.821. The zero-order valence-electron chi connectivity index (χ0n) is 6.36. The van der Waals surface area contributed by atoms with E-state index in [9.17, 15) is 0 Å². The molecule has 0 aromatic carbocycles. The molecule has 1 aliphatic rings. The van der Waals surface area contributed by atoms with E-state index in [0.717, 1.165) is 0 Å². The zero-order chi connectivity index (χ0) is 6.41. The summed E-state index contributed by atoms with van der Waals surface area (Å²) in [5.74, 6) is 0. The van der Waals surface area contributed by atoms with Gasteiger partial charge >= 0.3 is 0 Å². The highest BCUT2D eigenvalue weighted by Crippen LogP contribution is 2.30. The number of hydrogen-bond acceptors (Lipinski definition) is 0. The summed E-state index contributed by atoms with van der Waals surface area (Å²) in [5, 5.41) is 0. The largest absolute Gasteiger partial charge is 0.313 e. The van der Waals surface area contributed by atoms with Gasteiger partial charge in [-0.3, -0.25) is 0 Å². The third-order valence-electron chi connectivity index (χ3n) is 2.51. The second-order valence-electron chi connectivity index (χ2n) is 4.01. The van der Waals surface area contributed by atoms with Gasteiger partial charge in [-0.25, -0.2) is 0 Å². The first-order valence-corrected chi connectivity index (χ1v) is 3.30. The fraction of sp³-hybridized carbons (Fsp3) is 1.00. The van der Waals surface area contributed by atoms with Gasteiger partial charge in [0.1, 0.15) is 13.1 Å². The van der Waals surface area contributed by atoms with Crippen molar-refractivity contribution in [2.24, 2.45) is 0 Å². The van der Waals surface area contributed by atoms with Crippen molar-refractivity contribution in [2.75, 3.05) is 20.1 Å². The minimum atomic E-state index is 0.486. The first-order valence-electron chi connectivity index (χ1n) is 3.30. The van der Waals surface area contributed by atoms with Crippen molar-refractivity contribution in [3.8, 4) is 0 Å². The van der Waals surface area contributed by atoms with E-state index in [1.54, 1.807) is 0 Å². The molecule has 1 heterocycles. The van der Waals surface area contributed by atoms with Crippen LogP contribution < -0.4 is 0 Å². The van der Waals surface area contributed by atoms with E-state index in [1.165, 1.54) is 17.6 Å². The molecule has 0 unspecified atom stereocenters. The van der Waals surface area contributed by atoms with Gasteiger partial charge in [0, 0.05) is 0 Å². The van der Waals surface area contributed by atoms with Crippen LogP contribution in [0.5, 0.6) is 0 Å². The van der Waals surface area contributed by atoms with Crippen molar-refractivity contribution in [1.82, 2.24) is 0 Å². The highest BCUT2D eigenvalue weighted by molar-refractivity contribution is 4.68. The minimum Gasteiger partial charge on any atom is -0.313 e. The number of likely N-dealkylation sites (N-methyl/N-ethyl adjacent to an activating group) is 1. The minimum absolute atomic E-state index is 0.486. The fourth-order valence-corrected chi connectivity index (χ4v) is 0.821. The van der Waals surface area contributed by atoms with Crippen molar-refractivity contribution in [3.05, 3.63) is 0 Å². The Hall–Kier alpha value is -0.0400. The molecule has 1 heteroatoms. The van der Waals surface area contributed by atoms with Crippen LogP contribution in [0.25, 0.3) is 0 Å². The average molecular weight is 114 g/mol. The number of quaternary nitrogens is 1. The van der Waals surface area contributed by atoms with Gasteiger partial charge in [-0.05, 0) is 20.8 Å². The Kier molecular flexibility index (Phi) is 0.965. The van der Waals surface area contributed by atoms with Crippen LogP contribution in [0.15, 0.2) is 0 Å². The number of hydrogen-bond donors (Lipinski definition) is 0. The van der Waals surface area contributed by atoms with E-state index in [4.69, 9.17) is 0 Å². The lowest BCUT2D eigenvalue weighted by Crippen LogP contribution is -2.40. The Balaban J connectivity index is 2.58. The summed E-state index contributed by atoms with van der Waals surface area (Å²) >= 11 is 0. The third kappa shape index (κ3) is 0.752. The Morgan fingerprint density at radius 1 is 1.12 bits per heavy atom. The molecule has 0 aromatic heterocycles. The molecule has 0 N–H and O–H groups in total. The SMILES string of the molecule is CC(C)(C)[N+]1(C)CC1. The summed E-state index contributed by atoms with van der Waals surface area (Å²) in [6, 6.07) is 0. The molecule has 1 fully saturated rings. The first kappa shape index (κ1) is 6.09. The van der Waals surface area contributed by atoms with Crippen molar-refractivity contribution in [2.45, 2.75) is 26.3 Å². The highest BCUT2D eigenvalue weighted by Gasteiger charge is 2.47. The van der Waals surface area contributed by atoms with Gasteiger partial charge in [0.25, 0.3) is 0 Å². The maximum atomic E-state index is 2.32. The third-order valence-corrected chi connectivity index (χ3v) is 2.51. The maximum Gasteiger partial charge on any atom is 0.129 e. The van der Waals surface area contributed by atoms with Gasteiger partial charge in [0.2, 0.25) is 0 Å². The second kappa shape index (κ2) is 1.27. The lowest BCUT2D eigenvalue weighted by atomic mass is 10.1. The molecule has 0 spiro atoms. The zero-order valence-corrected chi connectivity index (χ0v) is 6.36. The summed E-state index contributed by atoms with van der Waals surface area (Å²) in [5.41, 5.74) is 0.486. The van der Waals surface area contributed by atoms with E-state index in [0.29, 0.717) is 5.54 Å². The Labute approximate surface area is 51.9 Å². The number of nitrogens with zero attached hydrogens (tertiary/aromatic N) is 1. The quantitative estimate of drug-likeness (QED) is 0.328. The Morgan fingerprint density at radius 3 is 1.50 bits per heavy atom. The highest BCUT2D eigenvalue weighted by atomic mass is 15.5. The van der Waals surface area contributed by atoms with Crippen LogP contribution in [0.3, 0.4) is 0 Å². The van der Waals surface area contributed by atoms with Crippen LogP contribution in [0.1, 0.15) is 20.8 Å². The Morgan fingerprint density at radius 2 is 1.50 bits per heavy atom. The smallest absolute Gasteiger partial charge is 0.129 e. The second-order valence-corrected chi connectivity index (χ2v) is 4.01. The van der Waals surface area contributed by atoms with E-state index in [2.05, 4.69) is 27.8 Å². The molecular weight excluding hydrogens is 98.1 g/mol. The van der Waals surface area contributed by atoms with Crippen molar-refractivity contribution >= 4 is 0 Å². The van der Waals surface area contributed by atoms with E-state index in [-0.39, 0.29) is 0 Å². The van der Waals surface area contributed by atoms with Gasteiger partial charge in [0.15, 0.2) is 0 Å². The monoisotopic (exact) mass is 114 g/mol. The van der Waals surface area contributed by atoms with Gasteiger partial charge in [-0.2, -0.15) is 0 Å². The normalized spacial score (nSPS) is 25.5. The molecule has 0 atom stereocenters. The molecule has 1 saturated heterocycles. The van der Waals surface area contributed by atoms with Crippen molar-refractivity contribution in [1.29, 1.82) is 0 Å². The molecule has 1 rings (SSSR count).